The maximum Gasteiger partial charge on any atom is 0.328 e. The standard InChI is InChI=1S/C13H15Br2NO3/c1-7(2)11(13(18)19-3)16-12(17)8-4-9(14)6-10(15)5-8/h4-7,11H,1-3H3,(H,16,17)/t11-/m1/s1. The molecule has 0 heterocycles. The minimum atomic E-state index is -0.657. The van der Waals surface area contributed by atoms with Crippen LogP contribution in [0.25, 0.3) is 0 Å². The van der Waals surface area contributed by atoms with Crippen molar-refractivity contribution in [1.82, 2.24) is 5.32 Å². The van der Waals surface area contributed by atoms with E-state index >= 15 is 0 Å². The molecule has 1 aromatic rings. The van der Waals surface area contributed by atoms with E-state index in [9.17, 15) is 9.59 Å². The van der Waals surface area contributed by atoms with Gasteiger partial charge in [-0.25, -0.2) is 4.79 Å². The number of ether oxygens (including phenoxy) is 1. The Morgan fingerprint density at radius 1 is 1.16 bits per heavy atom. The quantitative estimate of drug-likeness (QED) is 0.800. The molecule has 0 aromatic heterocycles. The summed E-state index contributed by atoms with van der Waals surface area (Å²) in [6, 6.07) is 4.55. The molecule has 1 amide bonds. The first-order chi connectivity index (χ1) is 8.85. The fourth-order valence-electron chi connectivity index (χ4n) is 1.53. The van der Waals surface area contributed by atoms with Crippen LogP contribution in [0.15, 0.2) is 27.1 Å². The number of carbonyl (C=O) groups is 2. The Labute approximate surface area is 129 Å². The summed E-state index contributed by atoms with van der Waals surface area (Å²) in [7, 11) is 1.31. The van der Waals surface area contributed by atoms with Gasteiger partial charge in [0, 0.05) is 14.5 Å². The highest BCUT2D eigenvalue weighted by Gasteiger charge is 2.25. The summed E-state index contributed by atoms with van der Waals surface area (Å²) in [5.41, 5.74) is 0.468. The van der Waals surface area contributed by atoms with Crippen molar-refractivity contribution in [3.8, 4) is 0 Å². The molecule has 6 heteroatoms. The summed E-state index contributed by atoms with van der Waals surface area (Å²) in [6.07, 6.45) is 0. The third-order valence-electron chi connectivity index (χ3n) is 2.53. The molecule has 1 aromatic carbocycles. The lowest BCUT2D eigenvalue weighted by Crippen LogP contribution is -2.45. The SMILES string of the molecule is COC(=O)[C@H](NC(=O)c1cc(Br)cc(Br)c1)C(C)C. The Bertz CT molecular complexity index is 469. The highest BCUT2D eigenvalue weighted by molar-refractivity contribution is 9.11. The van der Waals surface area contributed by atoms with Crippen molar-refractivity contribution >= 4 is 43.7 Å². The highest BCUT2D eigenvalue weighted by atomic mass is 79.9. The maximum atomic E-state index is 12.1. The Morgan fingerprint density at radius 2 is 1.68 bits per heavy atom. The minimum absolute atomic E-state index is 0.0491. The van der Waals surface area contributed by atoms with Crippen LogP contribution in [0.2, 0.25) is 0 Å². The van der Waals surface area contributed by atoms with Crippen molar-refractivity contribution in [3.63, 3.8) is 0 Å². The molecule has 104 valence electrons. The fraction of sp³-hybridized carbons (Fsp3) is 0.385. The smallest absolute Gasteiger partial charge is 0.328 e. The number of hydrogen-bond donors (Lipinski definition) is 1. The Hall–Kier alpha value is -0.880. The largest absolute Gasteiger partial charge is 0.467 e. The van der Waals surface area contributed by atoms with Crippen LogP contribution in [0.1, 0.15) is 24.2 Å². The topological polar surface area (TPSA) is 55.4 Å². The number of methoxy groups -OCH3 is 1. The highest BCUT2D eigenvalue weighted by Crippen LogP contribution is 2.20. The summed E-state index contributed by atoms with van der Waals surface area (Å²) < 4.78 is 6.25. The van der Waals surface area contributed by atoms with Crippen LogP contribution >= 0.6 is 31.9 Å². The molecule has 0 unspecified atom stereocenters. The third kappa shape index (κ3) is 4.62. The van der Waals surface area contributed by atoms with Crippen LogP contribution in [0, 0.1) is 5.92 Å². The van der Waals surface area contributed by atoms with Crippen LogP contribution in [0.5, 0.6) is 0 Å². The van der Waals surface area contributed by atoms with Crippen molar-refractivity contribution in [2.45, 2.75) is 19.9 Å². The second-order valence-corrected chi connectivity index (χ2v) is 6.21. The summed E-state index contributed by atoms with van der Waals surface area (Å²) >= 11 is 6.63. The van der Waals surface area contributed by atoms with Gasteiger partial charge in [-0.2, -0.15) is 0 Å². The van der Waals surface area contributed by atoms with Gasteiger partial charge in [0.1, 0.15) is 6.04 Å². The second-order valence-electron chi connectivity index (χ2n) is 4.38. The Balaban J connectivity index is 2.90. The van der Waals surface area contributed by atoms with Gasteiger partial charge < -0.3 is 10.1 Å². The molecule has 0 bridgehead atoms. The van der Waals surface area contributed by atoms with E-state index in [4.69, 9.17) is 0 Å². The zero-order valence-corrected chi connectivity index (χ0v) is 14.0. The Morgan fingerprint density at radius 3 is 2.11 bits per heavy atom. The van der Waals surface area contributed by atoms with Crippen LogP contribution in [0.3, 0.4) is 0 Å². The molecule has 0 fully saturated rings. The van der Waals surface area contributed by atoms with E-state index in [0.717, 1.165) is 8.95 Å². The van der Waals surface area contributed by atoms with Gasteiger partial charge in [-0.1, -0.05) is 45.7 Å². The number of hydrogen-bond acceptors (Lipinski definition) is 3. The van der Waals surface area contributed by atoms with Crippen LogP contribution < -0.4 is 5.32 Å². The molecule has 19 heavy (non-hydrogen) atoms. The molecular formula is C13H15Br2NO3. The average molecular weight is 393 g/mol. The molecule has 0 saturated carbocycles. The van der Waals surface area contributed by atoms with Crippen molar-refractivity contribution < 1.29 is 14.3 Å². The molecule has 1 atom stereocenters. The normalized spacial score (nSPS) is 12.1. The number of carbonyl (C=O) groups excluding carboxylic acids is 2. The maximum absolute atomic E-state index is 12.1. The van der Waals surface area contributed by atoms with Crippen LogP contribution in [-0.4, -0.2) is 25.0 Å². The molecule has 0 radical (unpaired) electrons. The molecule has 4 nitrogen and oxygen atoms in total. The van der Waals surface area contributed by atoms with Crippen molar-refractivity contribution in [3.05, 3.63) is 32.7 Å². The molecule has 1 N–H and O–H groups in total. The zero-order chi connectivity index (χ0) is 14.6. The number of nitrogens with one attached hydrogen (secondary N) is 1. The molecule has 0 spiro atoms. The van der Waals surface area contributed by atoms with Crippen molar-refractivity contribution in [2.24, 2.45) is 5.92 Å². The number of rotatable bonds is 4. The van der Waals surface area contributed by atoms with E-state index in [1.807, 2.05) is 19.9 Å². The first kappa shape index (κ1) is 16.2. The number of benzene rings is 1. The van der Waals surface area contributed by atoms with Gasteiger partial charge in [0.05, 0.1) is 7.11 Å². The van der Waals surface area contributed by atoms with Gasteiger partial charge in [-0.05, 0) is 24.1 Å². The molecule has 0 aliphatic rings. The first-order valence-corrected chi connectivity index (χ1v) is 7.28. The van der Waals surface area contributed by atoms with Gasteiger partial charge in [0.2, 0.25) is 0 Å². The van der Waals surface area contributed by atoms with Gasteiger partial charge in [0.15, 0.2) is 0 Å². The zero-order valence-electron chi connectivity index (χ0n) is 10.9. The molecule has 0 aliphatic carbocycles. The van der Waals surface area contributed by atoms with E-state index in [1.54, 1.807) is 12.1 Å². The molecule has 0 aliphatic heterocycles. The molecule has 0 saturated heterocycles. The number of amides is 1. The van der Waals surface area contributed by atoms with E-state index in [1.165, 1.54) is 7.11 Å². The van der Waals surface area contributed by atoms with Crippen molar-refractivity contribution in [1.29, 1.82) is 0 Å². The van der Waals surface area contributed by atoms with Gasteiger partial charge in [-0.3, -0.25) is 4.79 Å². The summed E-state index contributed by atoms with van der Waals surface area (Å²) in [5.74, 6) is -0.810. The van der Waals surface area contributed by atoms with E-state index < -0.39 is 12.0 Å². The summed E-state index contributed by atoms with van der Waals surface area (Å²) in [4.78, 5) is 23.7. The first-order valence-electron chi connectivity index (χ1n) is 5.70. The lowest BCUT2D eigenvalue weighted by molar-refractivity contribution is -0.144. The minimum Gasteiger partial charge on any atom is -0.467 e. The monoisotopic (exact) mass is 391 g/mol. The predicted octanol–water partition coefficient (Wildman–Crippen LogP) is 3.14. The second kappa shape index (κ2) is 7.05. The van der Waals surface area contributed by atoms with Gasteiger partial charge in [0.25, 0.3) is 5.91 Å². The summed E-state index contributed by atoms with van der Waals surface area (Å²) in [6.45, 7) is 3.69. The van der Waals surface area contributed by atoms with E-state index in [-0.39, 0.29) is 11.8 Å². The lowest BCUT2D eigenvalue weighted by Gasteiger charge is -2.19. The van der Waals surface area contributed by atoms with E-state index in [0.29, 0.717) is 5.56 Å². The van der Waals surface area contributed by atoms with Gasteiger partial charge in [-0.15, -0.1) is 0 Å². The Kier molecular flexibility index (Phi) is 6.00. The number of esters is 1. The van der Waals surface area contributed by atoms with Crippen LogP contribution in [0.4, 0.5) is 0 Å². The fourth-order valence-corrected chi connectivity index (χ4v) is 2.83. The predicted molar refractivity (Wildman–Crippen MR) is 80.0 cm³/mol. The van der Waals surface area contributed by atoms with Gasteiger partial charge >= 0.3 is 5.97 Å². The van der Waals surface area contributed by atoms with E-state index in [2.05, 4.69) is 41.9 Å². The third-order valence-corrected chi connectivity index (χ3v) is 3.45. The molecule has 1 rings (SSSR count). The van der Waals surface area contributed by atoms with Crippen LogP contribution in [-0.2, 0) is 9.53 Å². The average Bonchev–Trinajstić information content (AvgIpc) is 2.33. The van der Waals surface area contributed by atoms with Crippen molar-refractivity contribution in [2.75, 3.05) is 7.11 Å². The summed E-state index contributed by atoms with van der Waals surface area (Å²) in [5, 5.41) is 2.68. The number of halogens is 2. The molecular weight excluding hydrogens is 378 g/mol. The lowest BCUT2D eigenvalue weighted by atomic mass is 10.0.